The third kappa shape index (κ3) is 16.5. The SMILES string of the molecule is CCOCCCC(=O)COCC(=O)CCCC(CCNC(C)(C)/C(C)=N/O)CCNC(C)(C)/C(C)=N/O. The average molecular weight is 529 g/mol. The molecule has 0 bridgehead atoms. The van der Waals surface area contributed by atoms with Crippen LogP contribution in [0.15, 0.2) is 10.3 Å². The molecule has 37 heavy (non-hydrogen) atoms. The normalized spacial score (nSPS) is 13.4. The fraction of sp³-hybridized carbons (Fsp3) is 0.852. The molecule has 0 radical (unpaired) electrons. The number of ether oxygens (including phenoxy) is 2. The number of carbonyl (C=O) groups is 2. The van der Waals surface area contributed by atoms with E-state index < -0.39 is 11.1 Å². The average Bonchev–Trinajstić information content (AvgIpc) is 2.84. The number of Topliss-reactive ketones (excluding diaryl/α,β-unsaturated/α-hetero) is 2. The monoisotopic (exact) mass is 528 g/mol. The predicted molar refractivity (Wildman–Crippen MR) is 147 cm³/mol. The van der Waals surface area contributed by atoms with Crippen molar-refractivity contribution in [1.82, 2.24) is 10.6 Å². The minimum Gasteiger partial charge on any atom is -0.411 e. The Balaban J connectivity index is 4.60. The van der Waals surface area contributed by atoms with Gasteiger partial charge in [0.05, 0.1) is 22.5 Å². The lowest BCUT2D eigenvalue weighted by molar-refractivity contribution is -0.129. The van der Waals surface area contributed by atoms with Crippen molar-refractivity contribution >= 4 is 23.0 Å². The van der Waals surface area contributed by atoms with Crippen LogP contribution in [0.1, 0.15) is 93.4 Å². The molecule has 0 aliphatic heterocycles. The molecule has 0 aromatic carbocycles. The number of hydrogen-bond acceptors (Lipinski definition) is 10. The number of oxime groups is 2. The first-order valence-electron chi connectivity index (χ1n) is 13.5. The Labute approximate surface area is 223 Å². The van der Waals surface area contributed by atoms with Gasteiger partial charge in [-0.1, -0.05) is 10.3 Å². The molecule has 0 spiro atoms. The zero-order valence-corrected chi connectivity index (χ0v) is 24.2. The third-order valence-electron chi connectivity index (χ3n) is 6.89. The summed E-state index contributed by atoms with van der Waals surface area (Å²) in [5.74, 6) is 0.357. The van der Waals surface area contributed by atoms with E-state index in [-0.39, 0.29) is 24.8 Å². The Morgan fingerprint density at radius 3 is 1.68 bits per heavy atom. The lowest BCUT2D eigenvalue weighted by Crippen LogP contribution is -2.47. The summed E-state index contributed by atoms with van der Waals surface area (Å²) < 4.78 is 10.5. The number of nitrogens with zero attached hydrogens (tertiary/aromatic N) is 2. The largest absolute Gasteiger partial charge is 0.411 e. The molecule has 0 saturated carbocycles. The van der Waals surface area contributed by atoms with Crippen LogP contribution in [-0.4, -0.2) is 84.0 Å². The lowest BCUT2D eigenvalue weighted by atomic mass is 9.92. The Morgan fingerprint density at radius 2 is 1.24 bits per heavy atom. The third-order valence-corrected chi connectivity index (χ3v) is 6.89. The molecule has 0 heterocycles. The van der Waals surface area contributed by atoms with Crippen molar-refractivity contribution in [3.8, 4) is 0 Å². The molecule has 10 heteroatoms. The van der Waals surface area contributed by atoms with Gasteiger partial charge in [0, 0.05) is 26.1 Å². The van der Waals surface area contributed by atoms with E-state index in [1.54, 1.807) is 13.8 Å². The maximum absolute atomic E-state index is 12.3. The summed E-state index contributed by atoms with van der Waals surface area (Å²) in [4.78, 5) is 24.1. The number of rotatable bonds is 23. The van der Waals surface area contributed by atoms with Crippen molar-refractivity contribution in [3.05, 3.63) is 0 Å². The van der Waals surface area contributed by atoms with Gasteiger partial charge in [-0.05, 0) is 99.6 Å². The first kappa shape index (κ1) is 35.1. The molecule has 4 N–H and O–H groups in total. The Kier molecular flexibility index (Phi) is 18.3. The van der Waals surface area contributed by atoms with Crippen molar-refractivity contribution in [1.29, 1.82) is 0 Å². The lowest BCUT2D eigenvalue weighted by Gasteiger charge is -2.28. The molecule has 216 valence electrons. The van der Waals surface area contributed by atoms with Crippen LogP contribution >= 0.6 is 0 Å². The molecule has 0 aliphatic carbocycles. The first-order chi connectivity index (χ1) is 17.4. The van der Waals surface area contributed by atoms with Crippen molar-refractivity contribution in [2.24, 2.45) is 16.2 Å². The van der Waals surface area contributed by atoms with Gasteiger partial charge >= 0.3 is 0 Å². The Bertz CT molecular complexity index is 686. The van der Waals surface area contributed by atoms with Gasteiger partial charge < -0.3 is 30.5 Å². The van der Waals surface area contributed by atoms with E-state index in [4.69, 9.17) is 19.9 Å². The van der Waals surface area contributed by atoms with Crippen LogP contribution in [0.4, 0.5) is 0 Å². The summed E-state index contributed by atoms with van der Waals surface area (Å²) in [5.41, 5.74) is 0.401. The van der Waals surface area contributed by atoms with Crippen molar-refractivity contribution in [2.75, 3.05) is 39.5 Å². The fourth-order valence-electron chi connectivity index (χ4n) is 3.64. The van der Waals surface area contributed by atoms with Crippen LogP contribution in [0, 0.1) is 5.92 Å². The van der Waals surface area contributed by atoms with Crippen LogP contribution in [0.25, 0.3) is 0 Å². The van der Waals surface area contributed by atoms with Crippen LogP contribution < -0.4 is 10.6 Å². The molecule has 10 nitrogen and oxygen atoms in total. The first-order valence-corrected chi connectivity index (χ1v) is 13.5. The van der Waals surface area contributed by atoms with E-state index in [1.165, 1.54) is 0 Å². The zero-order valence-electron chi connectivity index (χ0n) is 24.2. The number of ketones is 2. The summed E-state index contributed by atoms with van der Waals surface area (Å²) in [7, 11) is 0. The second-order valence-corrected chi connectivity index (χ2v) is 10.7. The van der Waals surface area contributed by atoms with E-state index in [2.05, 4.69) is 20.9 Å². The van der Waals surface area contributed by atoms with Gasteiger partial charge in [0.2, 0.25) is 0 Å². The molecule has 0 amide bonds. The molecule has 0 fully saturated rings. The summed E-state index contributed by atoms with van der Waals surface area (Å²) in [6, 6.07) is 0. The Hall–Kier alpha value is -1.88. The molecule has 0 atom stereocenters. The van der Waals surface area contributed by atoms with Crippen molar-refractivity contribution in [3.63, 3.8) is 0 Å². The van der Waals surface area contributed by atoms with Gasteiger partial charge in [0.15, 0.2) is 11.6 Å². The molecule has 0 aliphatic rings. The minimum absolute atomic E-state index is 0.00365. The number of hydrogen-bond donors (Lipinski definition) is 4. The van der Waals surface area contributed by atoms with Gasteiger partial charge in [-0.15, -0.1) is 0 Å². The molecule has 0 aromatic heterocycles. The number of carbonyl (C=O) groups excluding carboxylic acids is 2. The van der Waals surface area contributed by atoms with E-state index in [0.29, 0.717) is 49.8 Å². The highest BCUT2D eigenvalue weighted by molar-refractivity contribution is 5.90. The summed E-state index contributed by atoms with van der Waals surface area (Å²) >= 11 is 0. The second kappa shape index (κ2) is 19.2. The maximum Gasteiger partial charge on any atom is 0.158 e. The Morgan fingerprint density at radius 1 is 0.784 bits per heavy atom. The molecular formula is C27H52N4O6. The van der Waals surface area contributed by atoms with E-state index >= 15 is 0 Å². The molecule has 0 unspecified atom stereocenters. The van der Waals surface area contributed by atoms with Crippen LogP contribution in [0.5, 0.6) is 0 Å². The zero-order chi connectivity index (χ0) is 28.3. The minimum atomic E-state index is -0.415. The van der Waals surface area contributed by atoms with E-state index in [0.717, 1.165) is 38.8 Å². The molecule has 0 saturated heterocycles. The molecule has 0 aromatic rings. The van der Waals surface area contributed by atoms with Gasteiger partial charge in [0.1, 0.15) is 13.2 Å². The molecular weight excluding hydrogens is 476 g/mol. The topological polar surface area (TPSA) is 142 Å². The summed E-state index contributed by atoms with van der Waals surface area (Å²) in [6.45, 7) is 16.0. The standard InChI is InChI=1S/C27H52N4O6/c1-8-36-18-10-13-25(33)20-37-19-24(32)12-9-11-23(14-16-28-26(4,5)21(2)30-34)15-17-29-27(6,7)22(3)31-35/h23,28-29,34-35H,8-20H2,1-7H3/b30-21+,31-22+. The number of nitrogens with one attached hydrogen (secondary N) is 2. The fourth-order valence-corrected chi connectivity index (χ4v) is 3.64. The summed E-state index contributed by atoms with van der Waals surface area (Å²) in [6.07, 6.45) is 4.92. The van der Waals surface area contributed by atoms with E-state index in [9.17, 15) is 9.59 Å². The second-order valence-electron chi connectivity index (χ2n) is 10.7. The van der Waals surface area contributed by atoms with E-state index in [1.807, 2.05) is 34.6 Å². The van der Waals surface area contributed by atoms with Gasteiger partial charge in [-0.3, -0.25) is 9.59 Å². The van der Waals surface area contributed by atoms with Crippen LogP contribution in [0.3, 0.4) is 0 Å². The maximum atomic E-state index is 12.3. The highest BCUT2D eigenvalue weighted by Crippen LogP contribution is 2.18. The smallest absolute Gasteiger partial charge is 0.158 e. The van der Waals surface area contributed by atoms with Gasteiger partial charge in [-0.25, -0.2) is 0 Å². The van der Waals surface area contributed by atoms with Gasteiger partial charge in [0.25, 0.3) is 0 Å². The predicted octanol–water partition coefficient (Wildman–Crippen LogP) is 3.96. The van der Waals surface area contributed by atoms with Crippen LogP contribution in [0.2, 0.25) is 0 Å². The molecule has 0 rings (SSSR count). The quantitative estimate of drug-likeness (QED) is 0.0676. The van der Waals surface area contributed by atoms with Crippen molar-refractivity contribution in [2.45, 2.75) is 104 Å². The highest BCUT2D eigenvalue weighted by atomic mass is 16.5. The van der Waals surface area contributed by atoms with Gasteiger partial charge in [-0.2, -0.15) is 0 Å². The highest BCUT2D eigenvalue weighted by Gasteiger charge is 2.23. The van der Waals surface area contributed by atoms with Crippen LogP contribution in [-0.2, 0) is 19.1 Å². The summed E-state index contributed by atoms with van der Waals surface area (Å²) in [5, 5.41) is 31.7. The van der Waals surface area contributed by atoms with Crippen molar-refractivity contribution < 1.29 is 29.5 Å².